The van der Waals surface area contributed by atoms with E-state index in [0.717, 1.165) is 5.75 Å². The maximum absolute atomic E-state index is 5.74. The molecule has 0 bridgehead atoms. The van der Waals surface area contributed by atoms with Crippen molar-refractivity contribution in [2.45, 2.75) is 6.61 Å². The van der Waals surface area contributed by atoms with Gasteiger partial charge in [0.05, 0.1) is 0 Å². The fourth-order valence-electron chi connectivity index (χ4n) is 1.04. The molecule has 0 amide bonds. The number of hydrogen-bond acceptors (Lipinski definition) is 3. The Kier molecular flexibility index (Phi) is 3.28. The number of ether oxygens (including phenoxy) is 1. The van der Waals surface area contributed by atoms with E-state index in [1.165, 1.54) is 0 Å². The van der Waals surface area contributed by atoms with Gasteiger partial charge in [0.15, 0.2) is 5.76 Å². The zero-order valence-electron chi connectivity index (χ0n) is 7.61. The van der Waals surface area contributed by atoms with Crippen LogP contribution in [-0.4, -0.2) is 5.16 Å². The summed E-state index contributed by atoms with van der Waals surface area (Å²) in [5.74, 6) is 1.41. The van der Waals surface area contributed by atoms with Gasteiger partial charge in [-0.3, -0.25) is 0 Å². The number of aromatic nitrogens is 1. The normalized spacial score (nSPS) is 10.3. The molecular weight excluding hydrogens is 281 g/mol. The van der Waals surface area contributed by atoms with Crippen molar-refractivity contribution in [2.24, 2.45) is 0 Å². The van der Waals surface area contributed by atoms with Gasteiger partial charge in [-0.05, 0) is 40.2 Å². The molecule has 1 heterocycles. The van der Waals surface area contributed by atoms with E-state index in [9.17, 15) is 0 Å². The van der Waals surface area contributed by atoms with Crippen molar-refractivity contribution in [3.63, 3.8) is 0 Å². The molecule has 2 rings (SSSR count). The van der Waals surface area contributed by atoms with Crippen molar-refractivity contribution in [3.8, 4) is 5.75 Å². The van der Waals surface area contributed by atoms with Crippen LogP contribution in [0.4, 0.5) is 0 Å². The third kappa shape index (κ3) is 2.97. The van der Waals surface area contributed by atoms with Crippen molar-refractivity contribution < 1.29 is 9.26 Å². The van der Waals surface area contributed by atoms with Crippen molar-refractivity contribution >= 4 is 27.5 Å². The van der Waals surface area contributed by atoms with Crippen LogP contribution in [0.15, 0.2) is 39.5 Å². The molecular formula is C10H7BrClNO2. The van der Waals surface area contributed by atoms with Crippen LogP contribution in [0, 0.1) is 0 Å². The Hall–Kier alpha value is -1.00. The molecule has 3 nitrogen and oxygen atoms in total. The summed E-state index contributed by atoms with van der Waals surface area (Å²) in [4.78, 5) is 0. The van der Waals surface area contributed by atoms with Gasteiger partial charge in [0.25, 0.3) is 0 Å². The second kappa shape index (κ2) is 4.68. The maximum atomic E-state index is 5.74. The topological polar surface area (TPSA) is 35.3 Å². The summed E-state index contributed by atoms with van der Waals surface area (Å²) >= 11 is 8.93. The first-order valence-corrected chi connectivity index (χ1v) is 5.40. The highest BCUT2D eigenvalue weighted by Gasteiger charge is 2.02. The van der Waals surface area contributed by atoms with E-state index in [4.69, 9.17) is 20.9 Å². The van der Waals surface area contributed by atoms with Crippen molar-refractivity contribution in [1.82, 2.24) is 5.16 Å². The van der Waals surface area contributed by atoms with Crippen LogP contribution in [0.2, 0.25) is 5.02 Å². The summed E-state index contributed by atoms with van der Waals surface area (Å²) in [6.07, 6.45) is 0. The van der Waals surface area contributed by atoms with E-state index >= 15 is 0 Å². The van der Waals surface area contributed by atoms with Crippen molar-refractivity contribution in [1.29, 1.82) is 0 Å². The maximum Gasteiger partial charge on any atom is 0.175 e. The van der Waals surface area contributed by atoms with E-state index in [0.29, 0.717) is 22.0 Å². The van der Waals surface area contributed by atoms with Crippen LogP contribution in [-0.2, 0) is 6.61 Å². The van der Waals surface area contributed by atoms with Crippen LogP contribution in [0.1, 0.15) is 5.76 Å². The Morgan fingerprint density at radius 3 is 2.67 bits per heavy atom. The monoisotopic (exact) mass is 287 g/mol. The predicted molar refractivity (Wildman–Crippen MR) is 60.0 cm³/mol. The fourth-order valence-corrected chi connectivity index (χ4v) is 1.49. The lowest BCUT2D eigenvalue weighted by Gasteiger charge is -2.02. The number of rotatable bonds is 3. The molecule has 0 aliphatic heterocycles. The summed E-state index contributed by atoms with van der Waals surface area (Å²) in [6, 6.07) is 8.90. The highest BCUT2D eigenvalue weighted by atomic mass is 79.9. The summed E-state index contributed by atoms with van der Waals surface area (Å²) in [5.41, 5.74) is 0. The van der Waals surface area contributed by atoms with E-state index in [1.807, 2.05) is 0 Å². The van der Waals surface area contributed by atoms with E-state index in [2.05, 4.69) is 21.1 Å². The van der Waals surface area contributed by atoms with E-state index < -0.39 is 0 Å². The molecule has 5 heteroatoms. The lowest BCUT2D eigenvalue weighted by molar-refractivity contribution is 0.249. The van der Waals surface area contributed by atoms with Gasteiger partial charge in [0.2, 0.25) is 0 Å². The molecule has 0 atom stereocenters. The van der Waals surface area contributed by atoms with Crippen molar-refractivity contribution in [2.75, 3.05) is 0 Å². The third-order valence-electron chi connectivity index (χ3n) is 1.72. The average molecular weight is 289 g/mol. The Bertz CT molecular complexity index is 441. The summed E-state index contributed by atoms with van der Waals surface area (Å²) < 4.78 is 11.1. The minimum absolute atomic E-state index is 0.347. The van der Waals surface area contributed by atoms with Crippen LogP contribution in [0.5, 0.6) is 5.75 Å². The highest BCUT2D eigenvalue weighted by molar-refractivity contribution is 9.10. The van der Waals surface area contributed by atoms with Crippen molar-refractivity contribution in [3.05, 3.63) is 45.7 Å². The van der Waals surface area contributed by atoms with Gasteiger partial charge in [-0.15, -0.1) is 0 Å². The van der Waals surface area contributed by atoms with Gasteiger partial charge in [-0.1, -0.05) is 16.8 Å². The minimum atomic E-state index is 0.347. The lowest BCUT2D eigenvalue weighted by atomic mass is 10.3. The molecule has 78 valence electrons. The second-order valence-corrected chi connectivity index (χ2v) is 4.11. The first-order chi connectivity index (χ1) is 7.24. The number of halogens is 2. The van der Waals surface area contributed by atoms with Gasteiger partial charge in [0, 0.05) is 11.1 Å². The number of benzene rings is 1. The highest BCUT2D eigenvalue weighted by Crippen LogP contribution is 2.17. The molecule has 1 aromatic carbocycles. The van der Waals surface area contributed by atoms with E-state index in [1.54, 1.807) is 30.3 Å². The molecule has 0 radical (unpaired) electrons. The fraction of sp³-hybridized carbons (Fsp3) is 0.100. The predicted octanol–water partition coefficient (Wildman–Crippen LogP) is 3.67. The molecule has 0 N–H and O–H groups in total. The number of hydrogen-bond donors (Lipinski definition) is 0. The molecule has 0 fully saturated rings. The molecule has 1 aromatic heterocycles. The molecule has 0 aliphatic carbocycles. The van der Waals surface area contributed by atoms with Crippen LogP contribution in [0.25, 0.3) is 0 Å². The molecule has 0 aliphatic rings. The van der Waals surface area contributed by atoms with E-state index in [-0.39, 0.29) is 0 Å². The first-order valence-electron chi connectivity index (χ1n) is 4.23. The molecule has 0 saturated carbocycles. The largest absolute Gasteiger partial charge is 0.486 e. The third-order valence-corrected chi connectivity index (χ3v) is 2.35. The number of nitrogens with zero attached hydrogens (tertiary/aromatic N) is 1. The molecule has 15 heavy (non-hydrogen) atoms. The summed E-state index contributed by atoms with van der Waals surface area (Å²) in [7, 11) is 0. The Balaban J connectivity index is 1.96. The van der Waals surface area contributed by atoms with Gasteiger partial charge in [0.1, 0.15) is 17.0 Å². The van der Waals surface area contributed by atoms with Gasteiger partial charge in [-0.25, -0.2) is 0 Å². The second-order valence-electron chi connectivity index (χ2n) is 2.86. The summed E-state index contributed by atoms with van der Waals surface area (Å²) in [6.45, 7) is 0.347. The average Bonchev–Trinajstić information content (AvgIpc) is 2.64. The molecule has 0 unspecified atom stereocenters. The zero-order chi connectivity index (χ0) is 10.7. The molecule has 0 spiro atoms. The van der Waals surface area contributed by atoms with Crippen LogP contribution >= 0.6 is 27.5 Å². The minimum Gasteiger partial charge on any atom is -0.486 e. The standard InChI is InChI=1S/C10H7BrClNO2/c11-10-5-9(15-13-10)6-14-8-3-1-7(12)2-4-8/h1-5H,6H2. The SMILES string of the molecule is Clc1ccc(OCc2cc(Br)no2)cc1. The Morgan fingerprint density at radius 2 is 2.07 bits per heavy atom. The first kappa shape index (κ1) is 10.5. The van der Waals surface area contributed by atoms with Gasteiger partial charge >= 0.3 is 0 Å². The summed E-state index contributed by atoms with van der Waals surface area (Å²) in [5, 5.41) is 4.37. The zero-order valence-corrected chi connectivity index (χ0v) is 9.96. The smallest absolute Gasteiger partial charge is 0.175 e. The van der Waals surface area contributed by atoms with Crippen LogP contribution < -0.4 is 4.74 Å². The van der Waals surface area contributed by atoms with Gasteiger partial charge in [-0.2, -0.15) is 0 Å². The lowest BCUT2D eigenvalue weighted by Crippen LogP contribution is -1.92. The molecule has 0 saturated heterocycles. The Morgan fingerprint density at radius 1 is 1.33 bits per heavy atom. The van der Waals surface area contributed by atoms with Gasteiger partial charge < -0.3 is 9.26 Å². The Labute approximate surface area is 100 Å². The van der Waals surface area contributed by atoms with Crippen LogP contribution in [0.3, 0.4) is 0 Å². The quantitative estimate of drug-likeness (QED) is 0.864. The molecule has 2 aromatic rings.